The van der Waals surface area contributed by atoms with Gasteiger partial charge in [0.05, 0.1) is 21.8 Å². The van der Waals surface area contributed by atoms with Gasteiger partial charge in [0.1, 0.15) is 11.5 Å². The monoisotopic (exact) mass is 517 g/mol. The molecule has 1 fully saturated rings. The maximum Gasteiger partial charge on any atom is 0.311 e. The molecular weight excluding hydrogens is 493 g/mol. The molecule has 0 amide bonds. The zero-order valence-electron chi connectivity index (χ0n) is 19.0. The van der Waals surface area contributed by atoms with Crippen LogP contribution in [-0.4, -0.2) is 58.6 Å². The maximum absolute atomic E-state index is 10.9. The van der Waals surface area contributed by atoms with Crippen LogP contribution in [0.2, 0.25) is 10.0 Å². The van der Waals surface area contributed by atoms with Gasteiger partial charge in [0.25, 0.3) is 0 Å². The number of nitrogens with one attached hydrogen (secondary N) is 3. The van der Waals surface area contributed by atoms with E-state index in [0.717, 1.165) is 36.6 Å². The van der Waals surface area contributed by atoms with Crippen LogP contribution in [-0.2, 0) is 0 Å². The average molecular weight is 518 g/mol. The van der Waals surface area contributed by atoms with Gasteiger partial charge in [-0.15, -0.1) is 0 Å². The molecule has 0 aliphatic carbocycles. The van der Waals surface area contributed by atoms with Crippen molar-refractivity contribution in [3.8, 4) is 11.3 Å². The number of piperazine rings is 1. The number of benzene rings is 1. The van der Waals surface area contributed by atoms with Crippen LogP contribution in [0.15, 0.2) is 36.5 Å². The van der Waals surface area contributed by atoms with Crippen LogP contribution in [0.3, 0.4) is 0 Å². The Morgan fingerprint density at radius 3 is 2.74 bits per heavy atom. The molecule has 13 heteroatoms. The molecule has 1 aliphatic rings. The Balaban J connectivity index is 1.50. The standard InChI is InChI=1S/C22H25Cl2N9O2/c1-13-11-26-8-9-32(13)18-12-29-22(31-20(18)15-3-2-14(23)10-16(15)24)28-7-6-27-19-5-4-17(33(34)35)21(25)30-19/h2-5,10,12-13,26H,6-9,11H2,1H3,(H3,25,27,30)(H,28,29,31). The smallest absolute Gasteiger partial charge is 0.311 e. The second kappa shape index (κ2) is 10.9. The lowest BCUT2D eigenvalue weighted by molar-refractivity contribution is -0.384. The van der Waals surface area contributed by atoms with Gasteiger partial charge in [0.2, 0.25) is 11.8 Å². The van der Waals surface area contributed by atoms with Crippen LogP contribution < -0.4 is 26.6 Å². The van der Waals surface area contributed by atoms with E-state index in [9.17, 15) is 10.1 Å². The summed E-state index contributed by atoms with van der Waals surface area (Å²) in [5.74, 6) is 0.738. The van der Waals surface area contributed by atoms with Gasteiger partial charge in [-0.3, -0.25) is 10.1 Å². The molecule has 0 bridgehead atoms. The van der Waals surface area contributed by atoms with Crippen molar-refractivity contribution in [3.05, 3.63) is 56.7 Å². The van der Waals surface area contributed by atoms with E-state index >= 15 is 0 Å². The fraction of sp³-hybridized carbons (Fsp3) is 0.318. The molecule has 35 heavy (non-hydrogen) atoms. The Morgan fingerprint density at radius 1 is 1.23 bits per heavy atom. The number of rotatable bonds is 8. The zero-order valence-corrected chi connectivity index (χ0v) is 20.5. The lowest BCUT2D eigenvalue weighted by Gasteiger charge is -2.36. The second-order valence-electron chi connectivity index (χ2n) is 8.01. The number of nitrogen functional groups attached to an aromatic ring is 1. The first-order valence-electron chi connectivity index (χ1n) is 11.0. The second-order valence-corrected chi connectivity index (χ2v) is 8.85. The lowest BCUT2D eigenvalue weighted by atomic mass is 10.1. The zero-order chi connectivity index (χ0) is 24.9. The number of hydrogen-bond donors (Lipinski definition) is 4. The molecule has 1 saturated heterocycles. The Bertz CT molecular complexity index is 1230. The third-order valence-electron chi connectivity index (χ3n) is 5.58. The van der Waals surface area contributed by atoms with E-state index < -0.39 is 4.92 Å². The molecule has 3 aromatic rings. The Morgan fingerprint density at radius 2 is 2.03 bits per heavy atom. The number of pyridine rings is 1. The normalized spacial score (nSPS) is 15.6. The molecule has 5 N–H and O–H groups in total. The van der Waals surface area contributed by atoms with Gasteiger partial charge in [0.15, 0.2) is 0 Å². The van der Waals surface area contributed by atoms with E-state index in [0.29, 0.717) is 34.9 Å². The van der Waals surface area contributed by atoms with Crippen molar-refractivity contribution in [1.29, 1.82) is 0 Å². The van der Waals surface area contributed by atoms with Gasteiger partial charge in [-0.05, 0) is 31.2 Å². The minimum atomic E-state index is -0.569. The minimum absolute atomic E-state index is 0.140. The van der Waals surface area contributed by atoms with Crippen molar-refractivity contribution < 1.29 is 4.92 Å². The van der Waals surface area contributed by atoms with Crippen LogP contribution in [0.5, 0.6) is 0 Å². The summed E-state index contributed by atoms with van der Waals surface area (Å²) in [4.78, 5) is 25.9. The number of anilines is 4. The number of nitrogens with zero attached hydrogens (tertiary/aromatic N) is 5. The van der Waals surface area contributed by atoms with Gasteiger partial charge in [-0.2, -0.15) is 0 Å². The quantitative estimate of drug-likeness (QED) is 0.198. The fourth-order valence-electron chi connectivity index (χ4n) is 3.83. The fourth-order valence-corrected chi connectivity index (χ4v) is 4.33. The lowest BCUT2D eigenvalue weighted by Crippen LogP contribution is -2.50. The van der Waals surface area contributed by atoms with Crippen LogP contribution in [0.1, 0.15) is 6.92 Å². The third kappa shape index (κ3) is 5.81. The average Bonchev–Trinajstić information content (AvgIpc) is 2.82. The van der Waals surface area contributed by atoms with Crippen LogP contribution in [0.4, 0.5) is 29.0 Å². The van der Waals surface area contributed by atoms with Crippen molar-refractivity contribution in [2.45, 2.75) is 13.0 Å². The molecule has 1 aliphatic heterocycles. The summed E-state index contributed by atoms with van der Waals surface area (Å²) in [6.45, 7) is 5.63. The summed E-state index contributed by atoms with van der Waals surface area (Å²) < 4.78 is 0. The third-order valence-corrected chi connectivity index (χ3v) is 6.13. The highest BCUT2D eigenvalue weighted by molar-refractivity contribution is 6.36. The topological polar surface area (TPSA) is 147 Å². The molecule has 11 nitrogen and oxygen atoms in total. The molecular formula is C22H25Cl2N9O2. The van der Waals surface area contributed by atoms with E-state index in [4.69, 9.17) is 33.9 Å². The van der Waals surface area contributed by atoms with Gasteiger partial charge in [-0.1, -0.05) is 23.2 Å². The molecule has 0 radical (unpaired) electrons. The number of aromatic nitrogens is 3. The Hall–Kier alpha value is -3.41. The number of hydrogen-bond acceptors (Lipinski definition) is 10. The van der Waals surface area contributed by atoms with Crippen LogP contribution >= 0.6 is 23.2 Å². The Kier molecular flexibility index (Phi) is 7.69. The molecule has 4 rings (SSSR count). The molecule has 1 aromatic carbocycles. The summed E-state index contributed by atoms with van der Waals surface area (Å²) in [5, 5.41) is 21.6. The summed E-state index contributed by atoms with van der Waals surface area (Å²) in [6.07, 6.45) is 1.81. The van der Waals surface area contributed by atoms with Crippen molar-refractivity contribution >= 4 is 52.2 Å². The van der Waals surface area contributed by atoms with Crippen molar-refractivity contribution in [3.63, 3.8) is 0 Å². The summed E-state index contributed by atoms with van der Waals surface area (Å²) in [7, 11) is 0. The van der Waals surface area contributed by atoms with Gasteiger partial charge in [0, 0.05) is 55.4 Å². The highest BCUT2D eigenvalue weighted by Crippen LogP contribution is 2.36. The van der Waals surface area contributed by atoms with Crippen molar-refractivity contribution in [1.82, 2.24) is 20.3 Å². The molecule has 0 saturated carbocycles. The predicted octanol–water partition coefficient (Wildman–Crippen LogP) is 3.66. The summed E-state index contributed by atoms with van der Waals surface area (Å²) in [5.41, 5.74) is 7.80. The highest BCUT2D eigenvalue weighted by atomic mass is 35.5. The molecule has 1 unspecified atom stereocenters. The number of halogens is 2. The first kappa shape index (κ1) is 24.7. The molecule has 1 atom stereocenters. The van der Waals surface area contributed by atoms with E-state index in [2.05, 4.69) is 37.7 Å². The van der Waals surface area contributed by atoms with E-state index in [1.807, 2.05) is 12.3 Å². The highest BCUT2D eigenvalue weighted by Gasteiger charge is 2.24. The molecule has 3 heterocycles. The van der Waals surface area contributed by atoms with Crippen molar-refractivity contribution in [2.75, 3.05) is 54.0 Å². The maximum atomic E-state index is 10.9. The molecule has 184 valence electrons. The summed E-state index contributed by atoms with van der Waals surface area (Å²) >= 11 is 12.7. The minimum Gasteiger partial charge on any atom is -0.378 e. The Labute approximate surface area is 212 Å². The van der Waals surface area contributed by atoms with E-state index in [1.165, 1.54) is 12.1 Å². The van der Waals surface area contributed by atoms with Gasteiger partial charge in [-0.25, -0.2) is 15.0 Å². The van der Waals surface area contributed by atoms with Crippen molar-refractivity contribution in [2.24, 2.45) is 0 Å². The number of nitrogens with two attached hydrogens (primary N) is 1. The van der Waals surface area contributed by atoms with Crippen LogP contribution in [0, 0.1) is 10.1 Å². The largest absolute Gasteiger partial charge is 0.378 e. The first-order chi connectivity index (χ1) is 16.8. The predicted molar refractivity (Wildman–Crippen MR) is 139 cm³/mol. The summed E-state index contributed by atoms with van der Waals surface area (Å²) in [6, 6.07) is 8.44. The number of nitro groups is 1. The first-order valence-corrected chi connectivity index (χ1v) is 11.8. The van der Waals surface area contributed by atoms with E-state index in [1.54, 1.807) is 12.1 Å². The molecule has 2 aromatic heterocycles. The van der Waals surface area contributed by atoms with Crippen LogP contribution in [0.25, 0.3) is 11.3 Å². The SMILES string of the molecule is CC1CNCCN1c1cnc(NCCNc2ccc([N+](=O)[O-])c(N)n2)nc1-c1ccc(Cl)cc1Cl. The van der Waals surface area contributed by atoms with Gasteiger partial charge < -0.3 is 26.6 Å². The molecule has 0 spiro atoms. The van der Waals surface area contributed by atoms with Gasteiger partial charge >= 0.3 is 5.69 Å². The van der Waals surface area contributed by atoms with E-state index in [-0.39, 0.29) is 17.5 Å².